The van der Waals surface area contributed by atoms with Crippen molar-refractivity contribution in [3.05, 3.63) is 83.9 Å². The molecule has 1 atom stereocenters. The van der Waals surface area contributed by atoms with Crippen molar-refractivity contribution in [2.45, 2.75) is 6.17 Å². The molecule has 25 heavy (non-hydrogen) atoms. The molecule has 0 fully saturated rings. The Balaban J connectivity index is 1.96. The second kappa shape index (κ2) is 5.99. The van der Waals surface area contributed by atoms with Crippen molar-refractivity contribution in [2.24, 2.45) is 10.7 Å². The Morgan fingerprint density at radius 3 is 2.52 bits per heavy atom. The Labute approximate surface area is 144 Å². The van der Waals surface area contributed by atoms with Crippen molar-refractivity contribution in [3.63, 3.8) is 0 Å². The Bertz CT molecular complexity index is 955. The molecule has 0 bridgehead atoms. The van der Waals surface area contributed by atoms with Crippen LogP contribution >= 0.6 is 0 Å². The summed E-state index contributed by atoms with van der Waals surface area (Å²) in [4.78, 5) is 10.5. The lowest BCUT2D eigenvalue weighted by molar-refractivity contribution is 0.623. The first kappa shape index (κ1) is 15.3. The minimum absolute atomic E-state index is 0.355. The van der Waals surface area contributed by atoms with E-state index < -0.39 is 6.17 Å². The highest BCUT2D eigenvalue weighted by Crippen LogP contribution is 2.37. The van der Waals surface area contributed by atoms with Crippen LogP contribution in [0.4, 0.5) is 21.5 Å². The molecule has 1 unspecified atom stereocenters. The van der Waals surface area contributed by atoms with Crippen LogP contribution in [0.3, 0.4) is 0 Å². The van der Waals surface area contributed by atoms with E-state index in [4.69, 9.17) is 11.5 Å². The highest BCUT2D eigenvalue weighted by molar-refractivity contribution is 6.12. The number of hydrogen-bond acceptors (Lipinski definition) is 5. The number of hydrogen-bond donors (Lipinski definition) is 2. The number of nitrogens with two attached hydrogens (primary N) is 2. The maximum atomic E-state index is 14.4. The van der Waals surface area contributed by atoms with Crippen molar-refractivity contribution in [3.8, 4) is 0 Å². The standard InChI is InChI=1S/C19H16FN5/c20-16-4-2-1-3-14(16)19-24-17-6-5-12(21)11-15(17)18(22)25(19)13-7-9-23-10-8-13/h1-11,18H,21-22H2. The maximum absolute atomic E-state index is 14.4. The molecule has 0 saturated carbocycles. The first-order valence-electron chi connectivity index (χ1n) is 7.83. The number of fused-ring (bicyclic) bond motifs is 1. The predicted molar refractivity (Wildman–Crippen MR) is 97.1 cm³/mol. The predicted octanol–water partition coefficient (Wildman–Crippen LogP) is 3.36. The summed E-state index contributed by atoms with van der Waals surface area (Å²) in [5.74, 6) is 0.0977. The molecule has 0 amide bonds. The van der Waals surface area contributed by atoms with Gasteiger partial charge in [-0.15, -0.1) is 0 Å². The van der Waals surface area contributed by atoms with Crippen molar-refractivity contribution in [1.82, 2.24) is 4.98 Å². The first-order chi connectivity index (χ1) is 12.1. The van der Waals surface area contributed by atoms with Crippen molar-refractivity contribution < 1.29 is 4.39 Å². The fraction of sp³-hybridized carbons (Fsp3) is 0.0526. The van der Waals surface area contributed by atoms with E-state index in [1.54, 1.807) is 53.7 Å². The van der Waals surface area contributed by atoms with Gasteiger partial charge in [0.05, 0.1) is 11.3 Å². The highest BCUT2D eigenvalue weighted by atomic mass is 19.1. The van der Waals surface area contributed by atoms with E-state index in [1.807, 2.05) is 12.1 Å². The Kier molecular flexibility index (Phi) is 3.66. The molecule has 1 aliphatic rings. The summed E-state index contributed by atoms with van der Waals surface area (Å²) in [5, 5.41) is 0. The highest BCUT2D eigenvalue weighted by Gasteiger charge is 2.30. The number of aliphatic imine (C=N–C) groups is 1. The summed E-state index contributed by atoms with van der Waals surface area (Å²) in [6.07, 6.45) is 2.78. The fourth-order valence-electron chi connectivity index (χ4n) is 2.97. The maximum Gasteiger partial charge on any atom is 0.145 e. The van der Waals surface area contributed by atoms with E-state index in [9.17, 15) is 4.39 Å². The van der Waals surface area contributed by atoms with E-state index in [2.05, 4.69) is 9.98 Å². The summed E-state index contributed by atoms with van der Waals surface area (Å²) in [7, 11) is 0. The van der Waals surface area contributed by atoms with Gasteiger partial charge in [-0.1, -0.05) is 12.1 Å². The van der Waals surface area contributed by atoms with Crippen LogP contribution in [0.15, 0.2) is 72.0 Å². The van der Waals surface area contributed by atoms with Gasteiger partial charge in [-0.2, -0.15) is 0 Å². The monoisotopic (exact) mass is 333 g/mol. The average Bonchev–Trinajstić information content (AvgIpc) is 2.63. The number of benzene rings is 2. The van der Waals surface area contributed by atoms with E-state index in [1.165, 1.54) is 6.07 Å². The number of halogens is 1. The Hall–Kier alpha value is -3.25. The van der Waals surface area contributed by atoms with E-state index in [0.29, 0.717) is 22.8 Å². The number of rotatable bonds is 2. The van der Waals surface area contributed by atoms with Gasteiger partial charge in [0.1, 0.15) is 17.8 Å². The zero-order valence-corrected chi connectivity index (χ0v) is 13.3. The van der Waals surface area contributed by atoms with Crippen molar-refractivity contribution >= 4 is 22.9 Å². The Morgan fingerprint density at radius 2 is 1.76 bits per heavy atom. The average molecular weight is 333 g/mol. The van der Waals surface area contributed by atoms with Crippen LogP contribution in [0.1, 0.15) is 17.3 Å². The minimum atomic E-state index is -0.548. The molecule has 2 heterocycles. The number of amidine groups is 1. The summed E-state index contributed by atoms with van der Waals surface area (Å²) < 4.78 is 14.4. The van der Waals surface area contributed by atoms with Crippen molar-refractivity contribution in [1.29, 1.82) is 0 Å². The number of anilines is 2. The lowest BCUT2D eigenvalue weighted by Gasteiger charge is -2.36. The molecule has 0 saturated heterocycles. The van der Waals surface area contributed by atoms with E-state index in [0.717, 1.165) is 11.3 Å². The van der Waals surface area contributed by atoms with Gasteiger partial charge in [-0.05, 0) is 42.5 Å². The van der Waals surface area contributed by atoms with E-state index >= 15 is 0 Å². The topological polar surface area (TPSA) is 80.5 Å². The third-order valence-electron chi connectivity index (χ3n) is 4.16. The quantitative estimate of drug-likeness (QED) is 0.705. The van der Waals surface area contributed by atoms with E-state index in [-0.39, 0.29) is 5.82 Å². The van der Waals surface area contributed by atoms with Gasteiger partial charge >= 0.3 is 0 Å². The molecule has 4 rings (SSSR count). The summed E-state index contributed by atoms with van der Waals surface area (Å²) >= 11 is 0. The lowest BCUT2D eigenvalue weighted by Crippen LogP contribution is -2.42. The first-order valence-corrected chi connectivity index (χ1v) is 7.83. The van der Waals surface area contributed by atoms with Gasteiger partial charge in [0.25, 0.3) is 0 Å². The van der Waals surface area contributed by atoms with Crippen LogP contribution in [0.5, 0.6) is 0 Å². The molecule has 3 aromatic rings. The molecule has 2 aromatic carbocycles. The fourth-order valence-corrected chi connectivity index (χ4v) is 2.97. The van der Waals surface area contributed by atoms with Gasteiger partial charge in [0, 0.05) is 29.3 Å². The summed E-state index contributed by atoms with van der Waals surface area (Å²) in [6, 6.07) is 15.5. The number of nitrogen functional groups attached to an aromatic ring is 1. The smallest absolute Gasteiger partial charge is 0.145 e. The van der Waals surface area contributed by atoms with Crippen LogP contribution in [-0.4, -0.2) is 10.8 Å². The third-order valence-corrected chi connectivity index (χ3v) is 4.16. The molecular weight excluding hydrogens is 317 g/mol. The molecule has 5 nitrogen and oxygen atoms in total. The number of nitrogens with zero attached hydrogens (tertiary/aromatic N) is 3. The summed E-state index contributed by atoms with van der Waals surface area (Å²) in [5.41, 5.74) is 15.7. The van der Waals surface area contributed by atoms with Gasteiger partial charge < -0.3 is 16.4 Å². The molecule has 6 heteroatoms. The van der Waals surface area contributed by atoms with Gasteiger partial charge in [-0.3, -0.25) is 4.98 Å². The van der Waals surface area contributed by atoms with Crippen LogP contribution in [0, 0.1) is 5.82 Å². The molecule has 0 spiro atoms. The van der Waals surface area contributed by atoms with Crippen molar-refractivity contribution in [2.75, 3.05) is 10.6 Å². The zero-order chi connectivity index (χ0) is 17.4. The third kappa shape index (κ3) is 2.62. The minimum Gasteiger partial charge on any atom is -0.399 e. The molecule has 0 radical (unpaired) electrons. The van der Waals surface area contributed by atoms with Gasteiger partial charge in [0.2, 0.25) is 0 Å². The molecule has 1 aromatic heterocycles. The van der Waals surface area contributed by atoms with Crippen LogP contribution < -0.4 is 16.4 Å². The van der Waals surface area contributed by atoms with Crippen LogP contribution in [-0.2, 0) is 0 Å². The molecule has 4 N–H and O–H groups in total. The largest absolute Gasteiger partial charge is 0.399 e. The molecule has 1 aliphatic heterocycles. The normalized spacial score (nSPS) is 16.3. The van der Waals surface area contributed by atoms with Gasteiger partial charge in [0.15, 0.2) is 0 Å². The zero-order valence-electron chi connectivity index (χ0n) is 13.3. The number of aromatic nitrogens is 1. The van der Waals surface area contributed by atoms with Crippen LogP contribution in [0.2, 0.25) is 0 Å². The Morgan fingerprint density at radius 1 is 1.00 bits per heavy atom. The van der Waals surface area contributed by atoms with Gasteiger partial charge in [-0.25, -0.2) is 9.38 Å². The SMILES string of the molecule is Nc1ccc2c(c1)C(N)N(c1ccncc1)C(c1ccccc1F)=N2. The number of pyridine rings is 1. The van der Waals surface area contributed by atoms with Crippen LogP contribution in [0.25, 0.3) is 0 Å². The molecule has 0 aliphatic carbocycles. The molecule has 124 valence electrons. The second-order valence-corrected chi connectivity index (χ2v) is 5.75. The summed E-state index contributed by atoms with van der Waals surface area (Å²) in [6.45, 7) is 0. The second-order valence-electron chi connectivity index (χ2n) is 5.75. The molecular formula is C19H16FN5. The lowest BCUT2D eigenvalue weighted by atomic mass is 10.0.